The Labute approximate surface area is 156 Å². The molecule has 1 aliphatic heterocycles. The van der Waals surface area contributed by atoms with Crippen molar-refractivity contribution in [1.29, 1.82) is 5.41 Å². The summed E-state index contributed by atoms with van der Waals surface area (Å²) in [7, 11) is 0. The Hall–Kier alpha value is -3.35. The van der Waals surface area contributed by atoms with E-state index in [2.05, 4.69) is 5.32 Å². The highest BCUT2D eigenvalue weighted by Crippen LogP contribution is 2.31. The lowest BCUT2D eigenvalue weighted by molar-refractivity contribution is -0.139. The Bertz CT molecular complexity index is 923. The third-order valence-electron chi connectivity index (χ3n) is 4.53. The molecule has 27 heavy (non-hydrogen) atoms. The molecule has 0 spiro atoms. The highest BCUT2D eigenvalue weighted by Gasteiger charge is 2.22. The van der Waals surface area contributed by atoms with E-state index in [0.717, 1.165) is 11.1 Å². The molecule has 0 aliphatic carbocycles. The molecule has 0 aromatic heterocycles. The predicted octanol–water partition coefficient (Wildman–Crippen LogP) is 2.70. The zero-order chi connectivity index (χ0) is 19.6. The van der Waals surface area contributed by atoms with Crippen molar-refractivity contribution < 1.29 is 19.4 Å². The molecular formula is C20H21N3O4. The van der Waals surface area contributed by atoms with Crippen LogP contribution in [0.1, 0.15) is 39.9 Å². The van der Waals surface area contributed by atoms with Gasteiger partial charge in [-0.15, -0.1) is 0 Å². The first-order valence-corrected chi connectivity index (χ1v) is 8.61. The number of benzene rings is 2. The lowest BCUT2D eigenvalue weighted by Gasteiger charge is -2.25. The number of hydrogen-bond donors (Lipinski definition) is 4. The zero-order valence-electron chi connectivity index (χ0n) is 14.9. The first-order valence-electron chi connectivity index (χ1n) is 8.61. The number of amidine groups is 1. The van der Waals surface area contributed by atoms with Gasteiger partial charge >= 0.3 is 5.97 Å². The van der Waals surface area contributed by atoms with E-state index < -0.39 is 5.97 Å². The Morgan fingerprint density at radius 3 is 2.74 bits per heavy atom. The first kappa shape index (κ1) is 18.4. The Morgan fingerprint density at radius 1 is 1.30 bits per heavy atom. The van der Waals surface area contributed by atoms with Crippen molar-refractivity contribution in [3.8, 4) is 5.75 Å². The molecule has 7 heteroatoms. The van der Waals surface area contributed by atoms with Gasteiger partial charge in [0.05, 0.1) is 6.42 Å². The van der Waals surface area contributed by atoms with Crippen molar-refractivity contribution in [3.05, 3.63) is 58.7 Å². The number of carboxylic acids is 1. The van der Waals surface area contributed by atoms with Gasteiger partial charge in [0.15, 0.2) is 0 Å². The van der Waals surface area contributed by atoms with Gasteiger partial charge in [-0.3, -0.25) is 15.0 Å². The molecule has 7 nitrogen and oxygen atoms in total. The van der Waals surface area contributed by atoms with Crippen LogP contribution in [0.5, 0.6) is 5.75 Å². The summed E-state index contributed by atoms with van der Waals surface area (Å²) in [6.07, 6.45) is 0.983. The van der Waals surface area contributed by atoms with Crippen LogP contribution < -0.4 is 15.8 Å². The highest BCUT2D eigenvalue weighted by atomic mass is 16.5. The number of rotatable bonds is 5. The molecule has 140 valence electrons. The molecule has 1 amide bonds. The van der Waals surface area contributed by atoms with Crippen LogP contribution in [0.3, 0.4) is 0 Å². The molecule has 1 atom stereocenters. The summed E-state index contributed by atoms with van der Waals surface area (Å²) in [5.74, 6) is -0.505. The number of aryl methyl sites for hydroxylation is 2. The minimum atomic E-state index is -0.876. The van der Waals surface area contributed by atoms with Crippen molar-refractivity contribution in [2.24, 2.45) is 5.73 Å². The third-order valence-corrected chi connectivity index (χ3v) is 4.53. The summed E-state index contributed by atoms with van der Waals surface area (Å²) in [6, 6.07) is 10.3. The number of nitrogens with one attached hydrogen (secondary N) is 2. The predicted molar refractivity (Wildman–Crippen MR) is 102 cm³/mol. The number of nitrogens with two attached hydrogens (primary N) is 1. The van der Waals surface area contributed by atoms with E-state index in [1.54, 1.807) is 37.3 Å². The summed E-state index contributed by atoms with van der Waals surface area (Å²) >= 11 is 0. The maximum Gasteiger partial charge on any atom is 0.307 e. The fourth-order valence-electron chi connectivity index (χ4n) is 3.15. The second-order valence-corrected chi connectivity index (χ2v) is 6.60. The van der Waals surface area contributed by atoms with Gasteiger partial charge in [0.25, 0.3) is 5.91 Å². The molecule has 1 aliphatic rings. The van der Waals surface area contributed by atoms with Gasteiger partial charge in [-0.2, -0.15) is 0 Å². The SMILES string of the molecule is Cc1cc(C(=N)N)ccc1C(=O)Nc1ccc2c(c1)CCC(CC(=O)O)O2. The van der Waals surface area contributed by atoms with Crippen molar-refractivity contribution in [2.75, 3.05) is 5.32 Å². The van der Waals surface area contributed by atoms with Gasteiger partial charge in [-0.05, 0) is 61.2 Å². The minimum absolute atomic E-state index is 0.0204. The molecule has 0 bridgehead atoms. The van der Waals surface area contributed by atoms with Gasteiger partial charge in [0.1, 0.15) is 17.7 Å². The molecule has 0 saturated heterocycles. The van der Waals surface area contributed by atoms with Crippen LogP contribution in [0.15, 0.2) is 36.4 Å². The van der Waals surface area contributed by atoms with E-state index in [1.165, 1.54) is 0 Å². The molecule has 0 fully saturated rings. The number of aliphatic carboxylic acids is 1. The van der Waals surface area contributed by atoms with Crippen LogP contribution >= 0.6 is 0 Å². The summed E-state index contributed by atoms with van der Waals surface area (Å²) in [6.45, 7) is 1.80. The smallest absolute Gasteiger partial charge is 0.307 e. The lowest BCUT2D eigenvalue weighted by atomic mass is 9.99. The van der Waals surface area contributed by atoms with Gasteiger partial charge < -0.3 is 20.9 Å². The second kappa shape index (κ2) is 7.49. The van der Waals surface area contributed by atoms with Gasteiger partial charge in [-0.25, -0.2) is 0 Å². The molecule has 0 saturated carbocycles. The lowest BCUT2D eigenvalue weighted by Crippen LogP contribution is -2.25. The zero-order valence-corrected chi connectivity index (χ0v) is 14.9. The van der Waals surface area contributed by atoms with Crippen molar-refractivity contribution >= 4 is 23.4 Å². The molecule has 5 N–H and O–H groups in total. The Morgan fingerprint density at radius 2 is 2.07 bits per heavy atom. The van der Waals surface area contributed by atoms with Crippen LogP contribution in [-0.2, 0) is 11.2 Å². The number of ether oxygens (including phenoxy) is 1. The summed E-state index contributed by atoms with van der Waals surface area (Å²) in [5.41, 5.74) is 8.88. The minimum Gasteiger partial charge on any atom is -0.490 e. The number of fused-ring (bicyclic) bond motifs is 1. The second-order valence-electron chi connectivity index (χ2n) is 6.60. The topological polar surface area (TPSA) is 126 Å². The van der Waals surface area contributed by atoms with E-state index in [1.807, 2.05) is 6.07 Å². The number of nitrogen functional groups attached to an aromatic ring is 1. The molecule has 1 heterocycles. The normalized spacial score (nSPS) is 15.4. The number of carbonyl (C=O) groups excluding carboxylic acids is 1. The van der Waals surface area contributed by atoms with Crippen LogP contribution in [0.4, 0.5) is 5.69 Å². The van der Waals surface area contributed by atoms with Crippen molar-refractivity contribution in [3.63, 3.8) is 0 Å². The number of hydrogen-bond acceptors (Lipinski definition) is 4. The van der Waals surface area contributed by atoms with E-state index in [4.69, 9.17) is 21.0 Å². The van der Waals surface area contributed by atoms with Crippen LogP contribution in [0, 0.1) is 12.3 Å². The summed E-state index contributed by atoms with van der Waals surface area (Å²) in [4.78, 5) is 23.4. The Kier molecular flexibility index (Phi) is 5.12. The quantitative estimate of drug-likeness (QED) is 0.477. The Balaban J connectivity index is 1.73. The number of carbonyl (C=O) groups is 2. The van der Waals surface area contributed by atoms with Gasteiger partial charge in [0.2, 0.25) is 0 Å². The van der Waals surface area contributed by atoms with E-state index in [-0.39, 0.29) is 24.3 Å². The van der Waals surface area contributed by atoms with Gasteiger partial charge in [-0.1, -0.05) is 6.07 Å². The van der Waals surface area contributed by atoms with Crippen LogP contribution in [0.2, 0.25) is 0 Å². The van der Waals surface area contributed by atoms with E-state index >= 15 is 0 Å². The molecular weight excluding hydrogens is 346 g/mol. The number of anilines is 1. The first-order chi connectivity index (χ1) is 12.8. The average Bonchev–Trinajstić information content (AvgIpc) is 2.61. The van der Waals surface area contributed by atoms with Gasteiger partial charge in [0, 0.05) is 16.8 Å². The van der Waals surface area contributed by atoms with E-state index in [0.29, 0.717) is 35.4 Å². The maximum absolute atomic E-state index is 12.6. The molecule has 2 aromatic carbocycles. The van der Waals surface area contributed by atoms with Crippen LogP contribution in [-0.4, -0.2) is 28.9 Å². The standard InChI is InChI=1S/C20H21N3O4/c1-11-8-13(19(21)22)3-6-16(11)20(26)23-14-4-7-17-12(9-14)2-5-15(27-17)10-18(24)25/h3-4,6-9,15H,2,5,10H2,1H3,(H3,21,22)(H,23,26)(H,24,25). The van der Waals surface area contributed by atoms with Crippen molar-refractivity contribution in [1.82, 2.24) is 0 Å². The molecule has 2 aromatic rings. The van der Waals surface area contributed by atoms with Crippen molar-refractivity contribution in [2.45, 2.75) is 32.3 Å². The molecule has 3 rings (SSSR count). The fourth-order valence-corrected chi connectivity index (χ4v) is 3.15. The largest absolute Gasteiger partial charge is 0.490 e. The van der Waals surface area contributed by atoms with Crippen LogP contribution in [0.25, 0.3) is 0 Å². The summed E-state index contributed by atoms with van der Waals surface area (Å²) in [5, 5.41) is 19.2. The van der Waals surface area contributed by atoms with E-state index in [9.17, 15) is 9.59 Å². The fraction of sp³-hybridized carbons (Fsp3) is 0.250. The third kappa shape index (κ3) is 4.25. The monoisotopic (exact) mass is 367 g/mol. The number of amides is 1. The number of carboxylic acid groups (broad SMARTS) is 1. The average molecular weight is 367 g/mol. The highest BCUT2D eigenvalue weighted by molar-refractivity contribution is 6.06. The molecule has 1 unspecified atom stereocenters. The maximum atomic E-state index is 12.6. The molecule has 0 radical (unpaired) electrons. The summed E-state index contributed by atoms with van der Waals surface area (Å²) < 4.78 is 5.72.